The quantitative estimate of drug-likeness (QED) is 0.851. The van der Waals surface area contributed by atoms with Crippen molar-refractivity contribution in [1.82, 2.24) is 9.88 Å². The van der Waals surface area contributed by atoms with Crippen LogP contribution in [0.15, 0.2) is 29.6 Å². The minimum absolute atomic E-state index is 0.725. The summed E-state index contributed by atoms with van der Waals surface area (Å²) in [5.41, 5.74) is 9.18. The van der Waals surface area contributed by atoms with Gasteiger partial charge in [0.25, 0.3) is 0 Å². The first-order valence-corrected chi connectivity index (χ1v) is 7.58. The average Bonchev–Trinajstić information content (AvgIpc) is 3.13. The maximum absolute atomic E-state index is 5.85. The van der Waals surface area contributed by atoms with E-state index in [0.717, 1.165) is 29.8 Å². The number of benzene rings is 1. The van der Waals surface area contributed by atoms with E-state index in [9.17, 15) is 0 Å². The lowest BCUT2D eigenvalue weighted by Gasteiger charge is -2.21. The lowest BCUT2D eigenvalue weighted by Crippen LogP contribution is -2.25. The van der Waals surface area contributed by atoms with Crippen LogP contribution in [0.25, 0.3) is 0 Å². The molecule has 3 rings (SSSR count). The highest BCUT2D eigenvalue weighted by atomic mass is 32.1. The summed E-state index contributed by atoms with van der Waals surface area (Å²) in [6.45, 7) is 3.98. The zero-order valence-electron chi connectivity index (χ0n) is 11.2. The first-order chi connectivity index (χ1) is 9.20. The Labute approximate surface area is 118 Å². The maximum Gasteiger partial charge on any atom is 0.0897 e. The van der Waals surface area contributed by atoms with E-state index in [0.29, 0.717) is 0 Å². The molecule has 1 aromatic carbocycles. The second kappa shape index (κ2) is 5.31. The number of aryl methyl sites for hydroxylation is 1. The van der Waals surface area contributed by atoms with Crippen molar-refractivity contribution in [3.63, 3.8) is 0 Å². The minimum atomic E-state index is 0.725. The molecule has 0 atom stereocenters. The maximum atomic E-state index is 5.85. The summed E-state index contributed by atoms with van der Waals surface area (Å²) in [7, 11) is 0. The molecule has 1 aliphatic carbocycles. The molecular weight excluding hydrogens is 254 g/mol. The SMILES string of the molecule is Cc1nc(CN(Cc2cccc(N)c2)C2CC2)cs1. The summed E-state index contributed by atoms with van der Waals surface area (Å²) in [5, 5.41) is 3.32. The van der Waals surface area contributed by atoms with Gasteiger partial charge in [-0.3, -0.25) is 4.90 Å². The van der Waals surface area contributed by atoms with E-state index < -0.39 is 0 Å². The van der Waals surface area contributed by atoms with E-state index in [1.807, 2.05) is 12.1 Å². The molecule has 0 saturated heterocycles. The molecule has 0 radical (unpaired) electrons. The number of nitrogen functional groups attached to an aromatic ring is 1. The summed E-state index contributed by atoms with van der Waals surface area (Å²) >= 11 is 1.73. The lowest BCUT2D eigenvalue weighted by molar-refractivity contribution is 0.243. The van der Waals surface area contributed by atoms with E-state index in [2.05, 4.69) is 34.3 Å². The van der Waals surface area contributed by atoms with Gasteiger partial charge in [0.2, 0.25) is 0 Å². The molecule has 0 aliphatic heterocycles. The van der Waals surface area contributed by atoms with Gasteiger partial charge in [0.15, 0.2) is 0 Å². The van der Waals surface area contributed by atoms with Gasteiger partial charge in [-0.05, 0) is 37.5 Å². The summed E-state index contributed by atoms with van der Waals surface area (Å²) in [4.78, 5) is 7.09. The molecule has 2 aromatic rings. The molecule has 1 aliphatic rings. The van der Waals surface area contributed by atoms with Crippen LogP contribution >= 0.6 is 11.3 Å². The Bertz CT molecular complexity index is 560. The van der Waals surface area contributed by atoms with Crippen LogP contribution < -0.4 is 5.73 Å². The molecule has 0 amide bonds. The largest absolute Gasteiger partial charge is 0.399 e. The molecule has 2 N–H and O–H groups in total. The van der Waals surface area contributed by atoms with Crippen LogP contribution in [0, 0.1) is 6.92 Å². The number of nitrogens with two attached hydrogens (primary N) is 1. The summed E-state index contributed by atoms with van der Waals surface area (Å²) < 4.78 is 0. The molecule has 4 heteroatoms. The third-order valence-corrected chi connectivity index (χ3v) is 4.25. The topological polar surface area (TPSA) is 42.2 Å². The van der Waals surface area contributed by atoms with Crippen LogP contribution in [-0.4, -0.2) is 15.9 Å². The van der Waals surface area contributed by atoms with E-state index >= 15 is 0 Å². The van der Waals surface area contributed by atoms with Crippen molar-refractivity contribution >= 4 is 17.0 Å². The third-order valence-electron chi connectivity index (χ3n) is 3.43. The normalized spacial score (nSPS) is 15.1. The van der Waals surface area contributed by atoms with Crippen LogP contribution in [0.5, 0.6) is 0 Å². The molecule has 0 bridgehead atoms. The highest BCUT2D eigenvalue weighted by Crippen LogP contribution is 2.30. The Morgan fingerprint density at radius 1 is 1.37 bits per heavy atom. The van der Waals surface area contributed by atoms with Gasteiger partial charge in [-0.25, -0.2) is 4.98 Å². The molecule has 1 aromatic heterocycles. The first kappa shape index (κ1) is 12.6. The predicted octanol–water partition coefficient (Wildman–Crippen LogP) is 3.20. The predicted molar refractivity (Wildman–Crippen MR) is 80.0 cm³/mol. The molecule has 0 spiro atoms. The Morgan fingerprint density at radius 2 is 2.21 bits per heavy atom. The molecule has 100 valence electrons. The van der Waals surface area contributed by atoms with Crippen molar-refractivity contribution in [3.8, 4) is 0 Å². The summed E-state index contributed by atoms with van der Waals surface area (Å²) in [6.07, 6.45) is 2.62. The zero-order valence-corrected chi connectivity index (χ0v) is 12.0. The van der Waals surface area contributed by atoms with Crippen LogP contribution in [0.4, 0.5) is 5.69 Å². The Morgan fingerprint density at radius 3 is 2.84 bits per heavy atom. The minimum Gasteiger partial charge on any atom is -0.399 e. The fourth-order valence-corrected chi connectivity index (χ4v) is 2.97. The Balaban J connectivity index is 1.71. The van der Waals surface area contributed by atoms with E-state index in [1.54, 1.807) is 11.3 Å². The van der Waals surface area contributed by atoms with Gasteiger partial charge >= 0.3 is 0 Å². The smallest absolute Gasteiger partial charge is 0.0897 e. The second-order valence-electron chi connectivity index (χ2n) is 5.24. The second-order valence-corrected chi connectivity index (χ2v) is 6.30. The molecule has 19 heavy (non-hydrogen) atoms. The number of nitrogens with zero attached hydrogens (tertiary/aromatic N) is 2. The van der Waals surface area contributed by atoms with Crippen LogP contribution in [0.3, 0.4) is 0 Å². The fraction of sp³-hybridized carbons (Fsp3) is 0.400. The molecule has 1 heterocycles. The third kappa shape index (κ3) is 3.33. The summed E-state index contributed by atoms with van der Waals surface area (Å²) in [5.74, 6) is 0. The van der Waals surface area contributed by atoms with Gasteiger partial charge in [0.1, 0.15) is 0 Å². The lowest BCUT2D eigenvalue weighted by atomic mass is 10.2. The van der Waals surface area contributed by atoms with Gasteiger partial charge in [-0.1, -0.05) is 12.1 Å². The molecule has 1 saturated carbocycles. The van der Waals surface area contributed by atoms with Crippen molar-refractivity contribution in [1.29, 1.82) is 0 Å². The van der Waals surface area contributed by atoms with Gasteiger partial charge in [-0.2, -0.15) is 0 Å². The summed E-state index contributed by atoms with van der Waals surface area (Å²) in [6, 6.07) is 8.92. The van der Waals surface area contributed by atoms with Crippen LogP contribution in [0.2, 0.25) is 0 Å². The number of hydrogen-bond donors (Lipinski definition) is 1. The highest BCUT2D eigenvalue weighted by molar-refractivity contribution is 7.09. The van der Waals surface area contributed by atoms with Gasteiger partial charge in [0.05, 0.1) is 10.7 Å². The number of hydrogen-bond acceptors (Lipinski definition) is 4. The van der Waals surface area contributed by atoms with Crippen molar-refractivity contribution in [2.75, 3.05) is 5.73 Å². The Kier molecular flexibility index (Phi) is 3.53. The fourth-order valence-electron chi connectivity index (χ4n) is 2.37. The van der Waals surface area contributed by atoms with Crippen molar-refractivity contribution in [2.24, 2.45) is 0 Å². The van der Waals surface area contributed by atoms with E-state index in [-0.39, 0.29) is 0 Å². The van der Waals surface area contributed by atoms with Crippen molar-refractivity contribution < 1.29 is 0 Å². The van der Waals surface area contributed by atoms with E-state index in [4.69, 9.17) is 5.73 Å². The van der Waals surface area contributed by atoms with Crippen molar-refractivity contribution in [3.05, 3.63) is 45.9 Å². The van der Waals surface area contributed by atoms with Crippen LogP contribution in [-0.2, 0) is 13.1 Å². The Hall–Kier alpha value is -1.39. The van der Waals surface area contributed by atoms with Gasteiger partial charge in [0, 0.05) is 30.2 Å². The molecule has 3 nitrogen and oxygen atoms in total. The van der Waals surface area contributed by atoms with E-state index in [1.165, 1.54) is 24.1 Å². The first-order valence-electron chi connectivity index (χ1n) is 6.70. The van der Waals surface area contributed by atoms with Gasteiger partial charge < -0.3 is 5.73 Å². The highest BCUT2D eigenvalue weighted by Gasteiger charge is 2.29. The zero-order chi connectivity index (χ0) is 13.2. The average molecular weight is 273 g/mol. The monoisotopic (exact) mass is 273 g/mol. The standard InChI is InChI=1S/C15H19N3S/c1-11-17-14(10-19-11)9-18(15-5-6-15)8-12-3-2-4-13(16)7-12/h2-4,7,10,15H,5-6,8-9,16H2,1H3. The number of anilines is 1. The van der Waals surface area contributed by atoms with Gasteiger partial charge in [-0.15, -0.1) is 11.3 Å². The number of rotatable bonds is 5. The number of thiazole rings is 1. The number of aromatic nitrogens is 1. The van der Waals surface area contributed by atoms with Crippen molar-refractivity contribution in [2.45, 2.75) is 38.9 Å². The van der Waals surface area contributed by atoms with Crippen LogP contribution in [0.1, 0.15) is 29.1 Å². The molecule has 0 unspecified atom stereocenters. The molecule has 1 fully saturated rings. The molecular formula is C15H19N3S.